The van der Waals surface area contributed by atoms with Crippen LogP contribution < -0.4 is 5.32 Å². The van der Waals surface area contributed by atoms with E-state index in [1.165, 1.54) is 19.4 Å². The number of rotatable bonds is 2. The number of hydrogen-bond acceptors (Lipinski definition) is 2. The zero-order chi connectivity index (χ0) is 13.2. The second-order valence-corrected chi connectivity index (χ2v) is 6.04. The van der Waals surface area contributed by atoms with Gasteiger partial charge in [-0.2, -0.15) is 0 Å². The van der Waals surface area contributed by atoms with Crippen LogP contribution in [0.15, 0.2) is 30.3 Å². The Bertz CT molecular complexity index is 445. The summed E-state index contributed by atoms with van der Waals surface area (Å²) in [6.07, 6.45) is 4.86. The summed E-state index contributed by atoms with van der Waals surface area (Å²) >= 11 is 0. The predicted octanol–water partition coefficient (Wildman–Crippen LogP) is 2.29. The zero-order valence-corrected chi connectivity index (χ0v) is 11.5. The molecule has 1 aromatic rings. The van der Waals surface area contributed by atoms with E-state index in [1.807, 2.05) is 30.3 Å². The molecule has 4 rings (SSSR count). The number of amides is 1. The van der Waals surface area contributed by atoms with Crippen LogP contribution in [0.5, 0.6) is 0 Å². The summed E-state index contributed by atoms with van der Waals surface area (Å²) in [5.41, 5.74) is 0.771. The molecule has 0 aromatic heterocycles. The van der Waals surface area contributed by atoms with Crippen molar-refractivity contribution >= 4 is 5.91 Å². The van der Waals surface area contributed by atoms with Crippen LogP contribution in [-0.2, 0) is 0 Å². The molecule has 1 N–H and O–H groups in total. The van der Waals surface area contributed by atoms with Crippen molar-refractivity contribution in [1.29, 1.82) is 0 Å². The molecule has 1 saturated carbocycles. The fourth-order valence-electron chi connectivity index (χ4n) is 3.59. The molecule has 3 aliphatic rings. The summed E-state index contributed by atoms with van der Waals surface area (Å²) in [5.74, 6) is 0.833. The van der Waals surface area contributed by atoms with Crippen molar-refractivity contribution < 1.29 is 4.79 Å². The Balaban J connectivity index is 1.66. The molecule has 1 aliphatic carbocycles. The molecule has 3 heteroatoms. The second kappa shape index (κ2) is 5.33. The molecule has 2 heterocycles. The number of carbonyl (C=O) groups excluding carboxylic acids is 1. The van der Waals surface area contributed by atoms with Crippen LogP contribution in [-0.4, -0.2) is 36.5 Å². The fourth-order valence-corrected chi connectivity index (χ4v) is 3.59. The number of nitrogens with zero attached hydrogens (tertiary/aromatic N) is 1. The predicted molar refractivity (Wildman–Crippen MR) is 76.1 cm³/mol. The monoisotopic (exact) mass is 258 g/mol. The highest BCUT2D eigenvalue weighted by Crippen LogP contribution is 2.32. The highest BCUT2D eigenvalue weighted by Gasteiger charge is 2.34. The van der Waals surface area contributed by atoms with Crippen molar-refractivity contribution in [3.63, 3.8) is 0 Å². The first-order chi connectivity index (χ1) is 9.22. The van der Waals surface area contributed by atoms with Crippen LogP contribution in [0.2, 0.25) is 0 Å². The summed E-state index contributed by atoms with van der Waals surface area (Å²) in [7, 11) is 2.22. The average molecular weight is 258 g/mol. The lowest BCUT2D eigenvalue weighted by Gasteiger charge is -2.33. The molecule has 0 spiro atoms. The smallest absolute Gasteiger partial charge is 0.251 e. The first kappa shape index (κ1) is 12.7. The molecule has 2 bridgehead atoms. The van der Waals surface area contributed by atoms with E-state index in [0.717, 1.165) is 24.3 Å². The van der Waals surface area contributed by atoms with Crippen molar-refractivity contribution in [1.82, 2.24) is 10.2 Å². The summed E-state index contributed by atoms with van der Waals surface area (Å²) < 4.78 is 0. The number of carbonyl (C=O) groups is 1. The van der Waals surface area contributed by atoms with Gasteiger partial charge in [0.1, 0.15) is 0 Å². The summed E-state index contributed by atoms with van der Waals surface area (Å²) in [5, 5.41) is 3.23. The van der Waals surface area contributed by atoms with Crippen LogP contribution in [0.3, 0.4) is 0 Å². The summed E-state index contributed by atoms with van der Waals surface area (Å²) in [4.78, 5) is 14.7. The first-order valence-corrected chi connectivity index (χ1v) is 7.28. The molecular weight excluding hydrogens is 236 g/mol. The maximum atomic E-state index is 12.2. The highest BCUT2D eigenvalue weighted by molar-refractivity contribution is 5.94. The van der Waals surface area contributed by atoms with Crippen molar-refractivity contribution in [2.24, 2.45) is 5.92 Å². The van der Waals surface area contributed by atoms with Crippen molar-refractivity contribution in [2.75, 3.05) is 13.6 Å². The van der Waals surface area contributed by atoms with Crippen molar-refractivity contribution in [2.45, 2.75) is 37.8 Å². The first-order valence-electron chi connectivity index (χ1n) is 7.28. The number of nitrogens with one attached hydrogen (secondary N) is 1. The highest BCUT2D eigenvalue weighted by atomic mass is 16.1. The van der Waals surface area contributed by atoms with Crippen LogP contribution >= 0.6 is 0 Å². The normalized spacial score (nSPS) is 30.9. The number of benzene rings is 1. The molecule has 3 fully saturated rings. The quantitative estimate of drug-likeness (QED) is 0.882. The maximum absolute atomic E-state index is 12.2. The fraction of sp³-hybridized carbons (Fsp3) is 0.562. The minimum Gasteiger partial charge on any atom is -0.349 e. The molecule has 102 valence electrons. The van der Waals surface area contributed by atoms with E-state index in [2.05, 4.69) is 17.3 Å². The molecule has 1 amide bonds. The topological polar surface area (TPSA) is 32.3 Å². The van der Waals surface area contributed by atoms with E-state index in [0.29, 0.717) is 12.1 Å². The Morgan fingerprint density at radius 2 is 2.00 bits per heavy atom. The van der Waals surface area contributed by atoms with Gasteiger partial charge < -0.3 is 10.2 Å². The molecule has 2 saturated heterocycles. The standard InChI is InChI=1S/C16H22N2O/c1-18-11-12-7-8-15(18)10-14(9-12)17-16(19)13-5-3-2-4-6-13/h2-6,12,14-15H,7-11H2,1H3,(H,17,19). The Labute approximate surface area is 115 Å². The molecule has 2 aliphatic heterocycles. The van der Waals surface area contributed by atoms with Gasteiger partial charge >= 0.3 is 0 Å². The Hall–Kier alpha value is -1.35. The second-order valence-electron chi connectivity index (χ2n) is 6.04. The number of hydrogen-bond donors (Lipinski definition) is 1. The number of piperidine rings is 1. The largest absolute Gasteiger partial charge is 0.349 e. The van der Waals surface area contributed by atoms with Gasteiger partial charge in [-0.05, 0) is 50.8 Å². The molecule has 3 atom stereocenters. The Morgan fingerprint density at radius 3 is 2.74 bits per heavy atom. The number of fused-ring (bicyclic) bond motifs is 4. The minimum atomic E-state index is 0.0783. The van der Waals surface area contributed by atoms with Crippen molar-refractivity contribution in [3.05, 3.63) is 35.9 Å². The van der Waals surface area contributed by atoms with Crippen LogP contribution in [0, 0.1) is 5.92 Å². The van der Waals surface area contributed by atoms with E-state index < -0.39 is 0 Å². The summed E-state index contributed by atoms with van der Waals surface area (Å²) in [6.45, 7) is 1.20. The van der Waals surface area contributed by atoms with Gasteiger partial charge in [0, 0.05) is 24.2 Å². The van der Waals surface area contributed by atoms with Gasteiger partial charge in [0.2, 0.25) is 0 Å². The van der Waals surface area contributed by atoms with Crippen LogP contribution in [0.25, 0.3) is 0 Å². The van der Waals surface area contributed by atoms with E-state index in [-0.39, 0.29) is 5.91 Å². The van der Waals surface area contributed by atoms with Gasteiger partial charge in [0.05, 0.1) is 0 Å². The van der Waals surface area contributed by atoms with E-state index in [4.69, 9.17) is 0 Å². The lowest BCUT2D eigenvalue weighted by molar-refractivity contribution is 0.0930. The lowest BCUT2D eigenvalue weighted by Crippen LogP contribution is -2.39. The van der Waals surface area contributed by atoms with E-state index >= 15 is 0 Å². The minimum absolute atomic E-state index is 0.0783. The SMILES string of the molecule is CN1CC2CCC1CC(NC(=O)c1ccccc1)C2. The third-order valence-electron chi connectivity index (χ3n) is 4.62. The van der Waals surface area contributed by atoms with Gasteiger partial charge in [-0.25, -0.2) is 0 Å². The van der Waals surface area contributed by atoms with Crippen LogP contribution in [0.1, 0.15) is 36.0 Å². The third-order valence-corrected chi connectivity index (χ3v) is 4.62. The summed E-state index contributed by atoms with van der Waals surface area (Å²) in [6, 6.07) is 10.5. The van der Waals surface area contributed by atoms with E-state index in [1.54, 1.807) is 0 Å². The molecule has 3 nitrogen and oxygen atoms in total. The third kappa shape index (κ3) is 2.81. The van der Waals surface area contributed by atoms with Gasteiger partial charge in [-0.1, -0.05) is 18.2 Å². The zero-order valence-electron chi connectivity index (χ0n) is 11.5. The van der Waals surface area contributed by atoms with Gasteiger partial charge in [0.15, 0.2) is 0 Å². The van der Waals surface area contributed by atoms with Gasteiger partial charge in [0.25, 0.3) is 5.91 Å². The van der Waals surface area contributed by atoms with Crippen LogP contribution in [0.4, 0.5) is 0 Å². The van der Waals surface area contributed by atoms with Crippen molar-refractivity contribution in [3.8, 4) is 0 Å². The molecule has 3 unspecified atom stereocenters. The molecular formula is C16H22N2O. The molecule has 0 radical (unpaired) electrons. The Morgan fingerprint density at radius 1 is 1.21 bits per heavy atom. The molecule has 1 aromatic carbocycles. The maximum Gasteiger partial charge on any atom is 0.251 e. The molecule has 19 heavy (non-hydrogen) atoms. The average Bonchev–Trinajstić information content (AvgIpc) is 2.70. The van der Waals surface area contributed by atoms with E-state index in [9.17, 15) is 4.79 Å². The van der Waals surface area contributed by atoms with Gasteiger partial charge in [-0.3, -0.25) is 4.79 Å². The lowest BCUT2D eigenvalue weighted by atomic mass is 9.95. The van der Waals surface area contributed by atoms with Gasteiger partial charge in [-0.15, -0.1) is 0 Å². The Kier molecular flexibility index (Phi) is 3.56.